The van der Waals surface area contributed by atoms with Gasteiger partial charge >= 0.3 is 5.97 Å². The molecule has 1 unspecified atom stereocenters. The molecule has 0 aromatic carbocycles. The lowest BCUT2D eigenvalue weighted by molar-refractivity contribution is -0.149. The van der Waals surface area contributed by atoms with Gasteiger partial charge in [0, 0.05) is 12.6 Å². The molecule has 0 radical (unpaired) electrons. The van der Waals surface area contributed by atoms with Gasteiger partial charge in [-0.2, -0.15) is 0 Å². The van der Waals surface area contributed by atoms with E-state index < -0.39 is 0 Å². The molecule has 0 aliphatic heterocycles. The smallest absolute Gasteiger partial charge is 0.310 e. The second kappa shape index (κ2) is 7.69. The average Bonchev–Trinajstić information content (AvgIpc) is 2.17. The maximum Gasteiger partial charge on any atom is 0.310 e. The van der Waals surface area contributed by atoms with Crippen molar-refractivity contribution in [3.63, 3.8) is 0 Å². The van der Waals surface area contributed by atoms with Crippen LogP contribution < -0.4 is 0 Å². The molecule has 0 saturated carbocycles. The second-order valence-electron chi connectivity index (χ2n) is 4.27. The highest BCUT2D eigenvalue weighted by molar-refractivity contribution is 5.72. The van der Waals surface area contributed by atoms with Crippen LogP contribution in [0.5, 0.6) is 0 Å². The molecule has 1 atom stereocenters. The number of hydrogen-bond acceptors (Lipinski definition) is 3. The van der Waals surface area contributed by atoms with Crippen LogP contribution in [0, 0.1) is 5.92 Å². The maximum absolute atomic E-state index is 11.6. The molecule has 0 aliphatic carbocycles. The van der Waals surface area contributed by atoms with E-state index in [0.29, 0.717) is 12.6 Å². The summed E-state index contributed by atoms with van der Waals surface area (Å²) in [4.78, 5) is 13.8. The van der Waals surface area contributed by atoms with Crippen LogP contribution in [-0.4, -0.2) is 37.1 Å². The van der Waals surface area contributed by atoms with Crippen molar-refractivity contribution < 1.29 is 9.53 Å². The number of ether oxygens (including phenoxy) is 1. The zero-order chi connectivity index (χ0) is 11.8. The van der Waals surface area contributed by atoms with Crippen molar-refractivity contribution in [1.82, 2.24) is 4.90 Å². The van der Waals surface area contributed by atoms with E-state index in [1.165, 1.54) is 0 Å². The van der Waals surface area contributed by atoms with Crippen LogP contribution in [0.3, 0.4) is 0 Å². The van der Waals surface area contributed by atoms with Gasteiger partial charge in [-0.05, 0) is 34.2 Å². The van der Waals surface area contributed by atoms with Crippen LogP contribution >= 0.6 is 0 Å². The van der Waals surface area contributed by atoms with Crippen molar-refractivity contribution in [3.8, 4) is 0 Å². The van der Waals surface area contributed by atoms with Crippen molar-refractivity contribution in [2.45, 2.75) is 46.6 Å². The fraction of sp³-hybridized carbons (Fsp3) is 0.917. The van der Waals surface area contributed by atoms with E-state index >= 15 is 0 Å². The Kier molecular flexibility index (Phi) is 7.39. The summed E-state index contributed by atoms with van der Waals surface area (Å²) in [7, 11) is 2.05. The van der Waals surface area contributed by atoms with Gasteiger partial charge in [-0.3, -0.25) is 4.79 Å². The zero-order valence-electron chi connectivity index (χ0n) is 10.7. The summed E-state index contributed by atoms with van der Waals surface area (Å²) in [6, 6.07) is 0.471. The Morgan fingerprint density at radius 2 is 1.93 bits per heavy atom. The van der Waals surface area contributed by atoms with E-state index in [9.17, 15) is 4.79 Å². The van der Waals surface area contributed by atoms with Crippen molar-refractivity contribution >= 4 is 5.97 Å². The summed E-state index contributed by atoms with van der Waals surface area (Å²) in [6.45, 7) is 9.49. The first-order valence-electron chi connectivity index (χ1n) is 5.89. The molecule has 0 fully saturated rings. The van der Waals surface area contributed by atoms with Gasteiger partial charge in [0.15, 0.2) is 0 Å². The van der Waals surface area contributed by atoms with E-state index in [1.54, 1.807) is 0 Å². The van der Waals surface area contributed by atoms with Gasteiger partial charge in [0.05, 0.1) is 12.5 Å². The van der Waals surface area contributed by atoms with Crippen LogP contribution in [0.4, 0.5) is 0 Å². The molecule has 0 N–H and O–H groups in total. The minimum absolute atomic E-state index is 0.0300. The fourth-order valence-corrected chi connectivity index (χ4v) is 1.45. The molecule has 0 aromatic rings. The standard InChI is InChI=1S/C12H25NO2/c1-6-8-11(12(14)15-7-2)9-13(5)10(3)4/h10-11H,6-9H2,1-5H3. The topological polar surface area (TPSA) is 29.5 Å². The van der Waals surface area contributed by atoms with Gasteiger partial charge in [-0.1, -0.05) is 13.3 Å². The van der Waals surface area contributed by atoms with Crippen LogP contribution in [0.1, 0.15) is 40.5 Å². The summed E-state index contributed by atoms with van der Waals surface area (Å²) < 4.78 is 5.07. The van der Waals surface area contributed by atoms with Crippen molar-refractivity contribution in [2.24, 2.45) is 5.92 Å². The predicted molar refractivity (Wildman–Crippen MR) is 62.8 cm³/mol. The highest BCUT2D eigenvalue weighted by Crippen LogP contribution is 2.11. The number of carbonyl (C=O) groups excluding carboxylic acids is 1. The Morgan fingerprint density at radius 1 is 1.33 bits per heavy atom. The first kappa shape index (κ1) is 14.4. The molecule has 90 valence electrons. The highest BCUT2D eigenvalue weighted by Gasteiger charge is 2.21. The summed E-state index contributed by atoms with van der Waals surface area (Å²) in [5, 5.41) is 0. The summed E-state index contributed by atoms with van der Waals surface area (Å²) in [6.07, 6.45) is 1.94. The van der Waals surface area contributed by atoms with Gasteiger partial charge in [0.1, 0.15) is 0 Å². The predicted octanol–water partition coefficient (Wildman–Crippen LogP) is 2.31. The van der Waals surface area contributed by atoms with E-state index in [0.717, 1.165) is 19.4 Å². The van der Waals surface area contributed by atoms with Crippen LogP contribution in [-0.2, 0) is 9.53 Å². The Bertz CT molecular complexity index is 180. The average molecular weight is 215 g/mol. The summed E-state index contributed by atoms with van der Waals surface area (Å²) in [5.74, 6) is -0.0193. The molecule has 0 rings (SSSR count). The molecule has 0 saturated heterocycles. The molecule has 3 heteroatoms. The van der Waals surface area contributed by atoms with E-state index in [2.05, 4.69) is 25.7 Å². The third-order valence-corrected chi connectivity index (χ3v) is 2.65. The van der Waals surface area contributed by atoms with Gasteiger partial charge in [0.25, 0.3) is 0 Å². The molecule has 0 aliphatic rings. The minimum atomic E-state index is -0.0492. The lowest BCUT2D eigenvalue weighted by Gasteiger charge is -2.25. The third-order valence-electron chi connectivity index (χ3n) is 2.65. The number of hydrogen-bond donors (Lipinski definition) is 0. The molecule has 3 nitrogen and oxygen atoms in total. The first-order chi connectivity index (χ1) is 7.02. The van der Waals surface area contributed by atoms with Crippen LogP contribution in [0.2, 0.25) is 0 Å². The molecule has 0 heterocycles. The molecule has 0 spiro atoms. The van der Waals surface area contributed by atoms with E-state index in [-0.39, 0.29) is 11.9 Å². The monoisotopic (exact) mass is 215 g/mol. The Hall–Kier alpha value is -0.570. The first-order valence-corrected chi connectivity index (χ1v) is 5.89. The van der Waals surface area contributed by atoms with Gasteiger partial charge in [0.2, 0.25) is 0 Å². The van der Waals surface area contributed by atoms with Crippen molar-refractivity contribution in [2.75, 3.05) is 20.2 Å². The number of carbonyl (C=O) groups is 1. The fourth-order valence-electron chi connectivity index (χ4n) is 1.45. The van der Waals surface area contributed by atoms with E-state index in [4.69, 9.17) is 4.74 Å². The second-order valence-corrected chi connectivity index (χ2v) is 4.27. The normalized spacial score (nSPS) is 13.3. The number of nitrogens with zero attached hydrogens (tertiary/aromatic N) is 1. The minimum Gasteiger partial charge on any atom is -0.466 e. The van der Waals surface area contributed by atoms with Gasteiger partial charge in [-0.25, -0.2) is 0 Å². The Balaban J connectivity index is 4.19. The number of rotatable bonds is 7. The molecule has 0 aromatic heterocycles. The molecule has 15 heavy (non-hydrogen) atoms. The SMILES string of the molecule is CCCC(CN(C)C(C)C)C(=O)OCC. The van der Waals surface area contributed by atoms with E-state index in [1.807, 2.05) is 14.0 Å². The third kappa shape index (κ3) is 5.78. The lowest BCUT2D eigenvalue weighted by Crippen LogP contribution is -2.35. The van der Waals surface area contributed by atoms with Crippen LogP contribution in [0.25, 0.3) is 0 Å². The van der Waals surface area contributed by atoms with Crippen molar-refractivity contribution in [1.29, 1.82) is 0 Å². The zero-order valence-corrected chi connectivity index (χ0v) is 10.7. The quantitative estimate of drug-likeness (QED) is 0.610. The number of esters is 1. The summed E-state index contributed by atoms with van der Waals surface area (Å²) in [5.41, 5.74) is 0. The molecule has 0 amide bonds. The van der Waals surface area contributed by atoms with Crippen molar-refractivity contribution in [3.05, 3.63) is 0 Å². The maximum atomic E-state index is 11.6. The summed E-state index contributed by atoms with van der Waals surface area (Å²) >= 11 is 0. The van der Waals surface area contributed by atoms with Crippen LogP contribution in [0.15, 0.2) is 0 Å². The van der Waals surface area contributed by atoms with Gasteiger partial charge < -0.3 is 9.64 Å². The lowest BCUT2D eigenvalue weighted by atomic mass is 10.0. The largest absolute Gasteiger partial charge is 0.466 e. The highest BCUT2D eigenvalue weighted by atomic mass is 16.5. The molecule has 0 bridgehead atoms. The Labute approximate surface area is 93.8 Å². The molecular formula is C12H25NO2. The van der Waals surface area contributed by atoms with Gasteiger partial charge in [-0.15, -0.1) is 0 Å². The molecular weight excluding hydrogens is 190 g/mol. The Morgan fingerprint density at radius 3 is 2.33 bits per heavy atom.